The van der Waals surface area contributed by atoms with Gasteiger partial charge in [-0.2, -0.15) is 13.9 Å². The average molecular weight is 761 g/mol. The predicted octanol–water partition coefficient (Wildman–Crippen LogP) is 2.32. The molecule has 0 aliphatic carbocycles. The third-order valence-electron chi connectivity index (χ3n) is 8.95. The summed E-state index contributed by atoms with van der Waals surface area (Å²) in [4.78, 5) is 30.8. The van der Waals surface area contributed by atoms with Crippen LogP contribution < -0.4 is 0 Å². The number of rotatable bonds is 7. The zero-order valence-corrected chi connectivity index (χ0v) is 30.6. The van der Waals surface area contributed by atoms with Crippen molar-refractivity contribution in [3.8, 4) is 6.07 Å². The fourth-order valence-electron chi connectivity index (χ4n) is 6.16. The standard InChI is InChI=1S/C25H28Cl2FN5O3S.C6H12N2O3S/c1-30(14-17-3-4-19(13-29)23(28)11-17)24-16-32(15-20(24)18-5-6-21(26)22(27)12-18)25(34)31-7-9-33(10-8-31)37(2,35)36;1-12(10,11)8-4-2-7(6-9)3-5-8/h3-6,11-12,20,24H,7-10,14-16H2,1-2H3;6H,2-5H2,1H3. The lowest BCUT2D eigenvalue weighted by atomic mass is 9.93. The van der Waals surface area contributed by atoms with Crippen LogP contribution in [0.25, 0.3) is 0 Å². The normalized spacial score (nSPS) is 20.9. The smallest absolute Gasteiger partial charge is 0.320 e. The highest BCUT2D eigenvalue weighted by molar-refractivity contribution is 7.88. The topological polar surface area (TPSA) is 146 Å². The molecule has 2 atom stereocenters. The number of carbonyl (C=O) groups excluding carboxylic acids is 2. The van der Waals surface area contributed by atoms with E-state index in [-0.39, 0.29) is 36.6 Å². The molecule has 268 valence electrons. The molecule has 3 amide bonds. The Kier molecular flexibility index (Phi) is 12.9. The molecule has 2 unspecified atom stereocenters. The number of carbonyl (C=O) groups is 2. The van der Waals surface area contributed by atoms with Crippen molar-refractivity contribution < 1.29 is 30.8 Å². The lowest BCUT2D eigenvalue weighted by Crippen LogP contribution is -2.53. The van der Waals surface area contributed by atoms with Crippen LogP contribution in [0.3, 0.4) is 0 Å². The number of halogens is 3. The minimum atomic E-state index is -3.30. The van der Waals surface area contributed by atoms with Crippen molar-refractivity contribution in [3.05, 3.63) is 69.0 Å². The van der Waals surface area contributed by atoms with Gasteiger partial charge in [0.05, 0.1) is 28.1 Å². The molecule has 3 aliphatic rings. The number of piperazine rings is 2. The Labute approximate surface area is 297 Å². The van der Waals surface area contributed by atoms with E-state index in [2.05, 4.69) is 4.90 Å². The fourth-order valence-corrected chi connectivity index (χ4v) is 8.12. The number of hydrogen-bond acceptors (Lipinski definition) is 8. The first-order valence-corrected chi connectivity index (χ1v) is 19.9. The fraction of sp³-hybridized carbons (Fsp3) is 0.516. The van der Waals surface area contributed by atoms with Gasteiger partial charge in [0.15, 0.2) is 0 Å². The lowest BCUT2D eigenvalue weighted by molar-refractivity contribution is -0.119. The van der Waals surface area contributed by atoms with E-state index < -0.39 is 25.9 Å². The Morgan fingerprint density at radius 2 is 1.49 bits per heavy atom. The largest absolute Gasteiger partial charge is 0.343 e. The first-order chi connectivity index (χ1) is 23.0. The molecular formula is C31H40Cl2FN7O6S2. The molecule has 0 N–H and O–H groups in total. The Morgan fingerprint density at radius 1 is 0.898 bits per heavy atom. The van der Waals surface area contributed by atoms with Gasteiger partial charge in [-0.1, -0.05) is 35.3 Å². The zero-order chi connectivity index (χ0) is 36.1. The Hall–Kier alpha value is -3.04. The van der Waals surface area contributed by atoms with Gasteiger partial charge in [0.2, 0.25) is 26.5 Å². The molecule has 3 fully saturated rings. The van der Waals surface area contributed by atoms with E-state index in [1.165, 1.54) is 33.3 Å². The number of urea groups is 1. The summed E-state index contributed by atoms with van der Waals surface area (Å²) in [5.41, 5.74) is 1.65. The van der Waals surface area contributed by atoms with Crippen LogP contribution in [0.1, 0.15) is 22.6 Å². The number of likely N-dealkylation sites (N-methyl/N-ethyl adjacent to an activating group) is 1. The molecule has 0 aromatic heterocycles. The van der Waals surface area contributed by atoms with Gasteiger partial charge in [-0.15, -0.1) is 0 Å². The van der Waals surface area contributed by atoms with Crippen LogP contribution in [0.4, 0.5) is 9.18 Å². The molecule has 0 spiro atoms. The lowest BCUT2D eigenvalue weighted by Gasteiger charge is -2.35. The monoisotopic (exact) mass is 759 g/mol. The minimum absolute atomic E-state index is 0.00584. The molecule has 2 aromatic rings. The van der Waals surface area contributed by atoms with E-state index in [0.717, 1.165) is 12.0 Å². The molecule has 5 rings (SSSR count). The molecule has 0 bridgehead atoms. The van der Waals surface area contributed by atoms with E-state index in [9.17, 15) is 30.8 Å². The van der Waals surface area contributed by atoms with Crippen molar-refractivity contribution in [2.24, 2.45) is 0 Å². The molecule has 18 heteroatoms. The number of likely N-dealkylation sites (tertiary alicyclic amines) is 1. The van der Waals surface area contributed by atoms with Gasteiger partial charge in [-0.05, 0) is 42.4 Å². The molecule has 3 aliphatic heterocycles. The van der Waals surface area contributed by atoms with Crippen LogP contribution in [0, 0.1) is 17.1 Å². The summed E-state index contributed by atoms with van der Waals surface area (Å²) in [5, 5.41) is 9.88. The Bertz CT molecular complexity index is 1780. The van der Waals surface area contributed by atoms with Gasteiger partial charge >= 0.3 is 6.03 Å². The summed E-state index contributed by atoms with van der Waals surface area (Å²) in [7, 11) is -4.44. The molecule has 3 saturated heterocycles. The van der Waals surface area contributed by atoms with Crippen LogP contribution >= 0.6 is 23.2 Å². The summed E-state index contributed by atoms with van der Waals surface area (Å²) < 4.78 is 62.7. The minimum Gasteiger partial charge on any atom is -0.343 e. The highest BCUT2D eigenvalue weighted by Crippen LogP contribution is 2.35. The van der Waals surface area contributed by atoms with Crippen LogP contribution in [-0.2, 0) is 31.4 Å². The van der Waals surface area contributed by atoms with Crippen LogP contribution in [0.15, 0.2) is 36.4 Å². The van der Waals surface area contributed by atoms with Crippen molar-refractivity contribution in [1.82, 2.24) is 28.2 Å². The molecule has 2 aromatic carbocycles. The van der Waals surface area contributed by atoms with Gasteiger partial charge in [-0.3, -0.25) is 9.69 Å². The molecule has 3 heterocycles. The number of amides is 3. The molecular weight excluding hydrogens is 720 g/mol. The highest BCUT2D eigenvalue weighted by atomic mass is 35.5. The van der Waals surface area contributed by atoms with Gasteiger partial charge in [-0.25, -0.2) is 26.0 Å². The van der Waals surface area contributed by atoms with Crippen molar-refractivity contribution >= 4 is 55.7 Å². The second kappa shape index (κ2) is 16.3. The maximum atomic E-state index is 14.2. The molecule has 0 saturated carbocycles. The number of sulfonamides is 2. The van der Waals surface area contributed by atoms with Crippen LogP contribution in [0.2, 0.25) is 10.0 Å². The second-order valence-electron chi connectivity index (χ2n) is 12.3. The van der Waals surface area contributed by atoms with E-state index in [1.54, 1.807) is 26.8 Å². The van der Waals surface area contributed by atoms with Crippen molar-refractivity contribution in [3.63, 3.8) is 0 Å². The maximum absolute atomic E-state index is 14.2. The Balaban J connectivity index is 0.000000380. The third kappa shape index (κ3) is 10.0. The highest BCUT2D eigenvalue weighted by Gasteiger charge is 2.40. The van der Waals surface area contributed by atoms with E-state index in [0.29, 0.717) is 74.5 Å². The van der Waals surface area contributed by atoms with Crippen molar-refractivity contribution in [2.45, 2.75) is 18.5 Å². The quantitative estimate of drug-likeness (QED) is 0.392. The van der Waals surface area contributed by atoms with E-state index >= 15 is 0 Å². The summed E-state index contributed by atoms with van der Waals surface area (Å²) in [6.07, 6.45) is 3.11. The zero-order valence-electron chi connectivity index (χ0n) is 27.5. The number of hydrogen-bond donors (Lipinski definition) is 0. The average Bonchev–Trinajstić information content (AvgIpc) is 3.51. The van der Waals surface area contributed by atoms with Crippen molar-refractivity contribution in [1.29, 1.82) is 5.26 Å². The maximum Gasteiger partial charge on any atom is 0.320 e. The van der Waals surface area contributed by atoms with Crippen LogP contribution in [0.5, 0.6) is 0 Å². The predicted molar refractivity (Wildman–Crippen MR) is 185 cm³/mol. The SMILES string of the molecule is CN(Cc1ccc(C#N)c(F)c1)C1CN(C(=O)N2CCN(S(C)(=O)=O)CC2)CC1c1ccc(Cl)c(Cl)c1.CS(=O)(=O)N1CCN(C=O)CC1. The first kappa shape index (κ1) is 38.8. The molecule has 0 radical (unpaired) electrons. The number of nitriles is 1. The van der Waals surface area contributed by atoms with Crippen LogP contribution in [-0.4, -0.2) is 149 Å². The van der Waals surface area contributed by atoms with E-state index in [1.807, 2.05) is 25.2 Å². The first-order valence-electron chi connectivity index (χ1n) is 15.5. The Morgan fingerprint density at radius 3 is 2.00 bits per heavy atom. The van der Waals surface area contributed by atoms with Gasteiger partial charge in [0.1, 0.15) is 11.9 Å². The van der Waals surface area contributed by atoms with Gasteiger partial charge < -0.3 is 14.7 Å². The van der Waals surface area contributed by atoms with Gasteiger partial charge in [0.25, 0.3) is 0 Å². The second-order valence-corrected chi connectivity index (χ2v) is 17.1. The summed E-state index contributed by atoms with van der Waals surface area (Å²) in [6.45, 7) is 4.30. The molecule has 13 nitrogen and oxygen atoms in total. The van der Waals surface area contributed by atoms with E-state index in [4.69, 9.17) is 28.5 Å². The third-order valence-corrected chi connectivity index (χ3v) is 12.3. The number of benzene rings is 2. The van der Waals surface area contributed by atoms with Crippen molar-refractivity contribution in [2.75, 3.05) is 85.0 Å². The summed E-state index contributed by atoms with van der Waals surface area (Å²) in [6, 6.07) is 11.6. The summed E-state index contributed by atoms with van der Waals surface area (Å²) >= 11 is 12.4. The summed E-state index contributed by atoms with van der Waals surface area (Å²) in [5.74, 6) is -0.643. The molecule has 49 heavy (non-hydrogen) atoms. The number of nitrogens with zero attached hydrogens (tertiary/aromatic N) is 7. The van der Waals surface area contributed by atoms with Gasteiger partial charge in [0, 0.05) is 84.0 Å².